The third-order valence-corrected chi connectivity index (χ3v) is 5.04. The van der Waals surface area contributed by atoms with Crippen molar-refractivity contribution >= 4 is 0 Å². The second-order valence-corrected chi connectivity index (χ2v) is 7.10. The Balaban J connectivity index is 2.07. The molecule has 0 spiro atoms. The maximum atomic E-state index is 9.48. The molecule has 0 aliphatic carbocycles. The van der Waals surface area contributed by atoms with E-state index in [9.17, 15) is 5.11 Å². The Kier molecular flexibility index (Phi) is 8.00. The van der Waals surface area contributed by atoms with Gasteiger partial charge in [0, 0.05) is 13.2 Å². The zero-order chi connectivity index (χ0) is 20.4. The number of ether oxygens (including phenoxy) is 2. The van der Waals surface area contributed by atoms with Gasteiger partial charge in [0.15, 0.2) is 0 Å². The summed E-state index contributed by atoms with van der Waals surface area (Å²) in [6.07, 6.45) is 1.33. The summed E-state index contributed by atoms with van der Waals surface area (Å²) in [5.41, 5.74) is 2.44. The third-order valence-electron chi connectivity index (χ3n) is 5.04. The van der Waals surface area contributed by atoms with Gasteiger partial charge in [0.2, 0.25) is 0 Å². The van der Waals surface area contributed by atoms with Gasteiger partial charge >= 0.3 is 0 Å². The largest absolute Gasteiger partial charge is 0.396 e. The normalized spacial score (nSPS) is 12.6. The van der Waals surface area contributed by atoms with Gasteiger partial charge in [-0.2, -0.15) is 0 Å². The fourth-order valence-electron chi connectivity index (χ4n) is 3.63. The zero-order valence-corrected chi connectivity index (χ0v) is 17.0. The van der Waals surface area contributed by atoms with Gasteiger partial charge in [0.05, 0.1) is 12.7 Å². The highest BCUT2D eigenvalue weighted by molar-refractivity contribution is 5.47. The molecule has 29 heavy (non-hydrogen) atoms. The molecule has 0 amide bonds. The Labute approximate surface area is 173 Å². The van der Waals surface area contributed by atoms with Crippen molar-refractivity contribution in [3.63, 3.8) is 0 Å². The molecule has 3 nitrogen and oxygen atoms in total. The van der Waals surface area contributed by atoms with Crippen LogP contribution in [0.15, 0.2) is 91.0 Å². The summed E-state index contributed by atoms with van der Waals surface area (Å²) in [7, 11) is 0. The number of benzene rings is 3. The second-order valence-electron chi connectivity index (χ2n) is 7.10. The molecule has 0 saturated carbocycles. The van der Waals surface area contributed by atoms with Crippen LogP contribution in [0.1, 0.15) is 36.5 Å². The average Bonchev–Trinajstić information content (AvgIpc) is 2.80. The minimum Gasteiger partial charge on any atom is -0.396 e. The summed E-state index contributed by atoms with van der Waals surface area (Å²) in [6.45, 7) is 3.20. The minimum absolute atomic E-state index is 0.0761. The van der Waals surface area contributed by atoms with E-state index in [1.54, 1.807) is 0 Å². The molecule has 3 rings (SSSR count). The summed E-state index contributed by atoms with van der Waals surface area (Å²) in [4.78, 5) is 0. The number of hydrogen-bond acceptors (Lipinski definition) is 3. The van der Waals surface area contributed by atoms with Gasteiger partial charge in [0.1, 0.15) is 5.60 Å². The van der Waals surface area contributed by atoms with Crippen molar-refractivity contribution in [1.82, 2.24) is 0 Å². The topological polar surface area (TPSA) is 38.7 Å². The molecule has 0 saturated heterocycles. The van der Waals surface area contributed by atoms with Crippen LogP contribution in [0, 0.1) is 0 Å². The maximum Gasteiger partial charge on any atom is 0.143 e. The van der Waals surface area contributed by atoms with E-state index in [1.165, 1.54) is 0 Å². The van der Waals surface area contributed by atoms with Crippen LogP contribution in [-0.4, -0.2) is 31.0 Å². The van der Waals surface area contributed by atoms with Gasteiger partial charge in [-0.25, -0.2) is 0 Å². The highest BCUT2D eigenvalue weighted by atomic mass is 16.5. The summed E-state index contributed by atoms with van der Waals surface area (Å²) in [5, 5.41) is 9.48. The molecule has 0 aliphatic rings. The number of hydrogen-bond donors (Lipinski definition) is 1. The van der Waals surface area contributed by atoms with Crippen LogP contribution in [0.2, 0.25) is 0 Å². The van der Waals surface area contributed by atoms with Crippen molar-refractivity contribution in [2.45, 2.75) is 31.5 Å². The Hall–Kier alpha value is -2.46. The van der Waals surface area contributed by atoms with E-state index in [0.717, 1.165) is 23.1 Å². The lowest BCUT2D eigenvalue weighted by Gasteiger charge is -2.37. The molecule has 0 aliphatic heterocycles. The number of aliphatic hydroxyl groups excluding tert-OH is 1. The monoisotopic (exact) mass is 390 g/mol. The van der Waals surface area contributed by atoms with Crippen LogP contribution in [-0.2, 0) is 15.1 Å². The van der Waals surface area contributed by atoms with Gasteiger partial charge in [-0.15, -0.1) is 0 Å². The first-order valence-electron chi connectivity index (χ1n) is 10.3. The maximum absolute atomic E-state index is 9.48. The second kappa shape index (κ2) is 10.9. The first kappa shape index (κ1) is 21.3. The summed E-state index contributed by atoms with van der Waals surface area (Å²) < 4.78 is 12.7. The average molecular weight is 391 g/mol. The van der Waals surface area contributed by atoms with Crippen LogP contribution < -0.4 is 0 Å². The molecule has 1 atom stereocenters. The van der Waals surface area contributed by atoms with Gasteiger partial charge in [-0.3, -0.25) is 0 Å². The summed E-state index contributed by atoms with van der Waals surface area (Å²) >= 11 is 0. The Morgan fingerprint density at radius 1 is 0.759 bits per heavy atom. The SMILES string of the molecule is CCCO[C@@H](CCO)COC(c1ccccc1)(c1ccccc1)c1ccccc1. The summed E-state index contributed by atoms with van der Waals surface area (Å²) in [5.74, 6) is 0. The van der Waals surface area contributed by atoms with Crippen LogP contribution in [0.4, 0.5) is 0 Å². The molecule has 3 heteroatoms. The minimum atomic E-state index is -0.757. The standard InChI is InChI=1S/C26H30O3/c1-2-20-28-25(18-19-27)21-29-26(22-12-6-3-7-13-22,23-14-8-4-9-15-23)24-16-10-5-11-17-24/h3-17,25,27H,2,18-21H2,1H3/t25-/m0/s1. The fourth-order valence-corrected chi connectivity index (χ4v) is 3.63. The van der Waals surface area contributed by atoms with E-state index in [0.29, 0.717) is 19.6 Å². The highest BCUT2D eigenvalue weighted by Gasteiger charge is 2.38. The van der Waals surface area contributed by atoms with E-state index in [2.05, 4.69) is 43.3 Å². The van der Waals surface area contributed by atoms with Gasteiger partial charge in [-0.1, -0.05) is 97.9 Å². The van der Waals surface area contributed by atoms with Crippen molar-refractivity contribution in [1.29, 1.82) is 0 Å². The zero-order valence-electron chi connectivity index (χ0n) is 17.0. The first-order valence-corrected chi connectivity index (χ1v) is 10.3. The summed E-state index contributed by atoms with van der Waals surface area (Å²) in [6, 6.07) is 30.9. The smallest absolute Gasteiger partial charge is 0.143 e. The van der Waals surface area contributed by atoms with E-state index in [1.807, 2.05) is 54.6 Å². The molecular formula is C26H30O3. The molecule has 0 aromatic heterocycles. The van der Waals surface area contributed by atoms with Crippen molar-refractivity contribution in [2.75, 3.05) is 19.8 Å². The van der Waals surface area contributed by atoms with Crippen LogP contribution in [0.3, 0.4) is 0 Å². The third kappa shape index (κ3) is 5.13. The van der Waals surface area contributed by atoms with Crippen molar-refractivity contribution in [2.24, 2.45) is 0 Å². The van der Waals surface area contributed by atoms with Crippen molar-refractivity contribution in [3.8, 4) is 0 Å². The molecule has 0 bridgehead atoms. The molecule has 3 aromatic rings. The predicted molar refractivity (Wildman–Crippen MR) is 117 cm³/mol. The number of aliphatic hydroxyl groups is 1. The number of rotatable bonds is 11. The molecule has 0 unspecified atom stereocenters. The van der Waals surface area contributed by atoms with E-state index >= 15 is 0 Å². The van der Waals surface area contributed by atoms with Gasteiger partial charge in [-0.05, 0) is 29.5 Å². The van der Waals surface area contributed by atoms with Crippen LogP contribution >= 0.6 is 0 Å². The van der Waals surface area contributed by atoms with Crippen LogP contribution in [0.5, 0.6) is 0 Å². The Morgan fingerprint density at radius 3 is 1.59 bits per heavy atom. The van der Waals surface area contributed by atoms with E-state index in [4.69, 9.17) is 9.47 Å². The Bertz CT molecular complexity index is 722. The Morgan fingerprint density at radius 2 is 1.21 bits per heavy atom. The van der Waals surface area contributed by atoms with Crippen molar-refractivity contribution in [3.05, 3.63) is 108 Å². The van der Waals surface area contributed by atoms with Gasteiger partial charge in [0.25, 0.3) is 0 Å². The molecule has 0 fully saturated rings. The van der Waals surface area contributed by atoms with E-state index < -0.39 is 5.60 Å². The molecule has 3 aromatic carbocycles. The lowest BCUT2D eigenvalue weighted by atomic mass is 9.80. The first-order chi connectivity index (χ1) is 14.3. The predicted octanol–water partition coefficient (Wildman–Crippen LogP) is 5.17. The molecule has 0 radical (unpaired) electrons. The molecule has 1 N–H and O–H groups in total. The molecule has 152 valence electrons. The van der Waals surface area contributed by atoms with E-state index in [-0.39, 0.29) is 12.7 Å². The quantitative estimate of drug-likeness (QED) is 0.459. The van der Waals surface area contributed by atoms with Crippen LogP contribution in [0.25, 0.3) is 0 Å². The molecular weight excluding hydrogens is 360 g/mol. The lowest BCUT2D eigenvalue weighted by Crippen LogP contribution is -2.36. The van der Waals surface area contributed by atoms with Crippen molar-refractivity contribution < 1.29 is 14.6 Å². The lowest BCUT2D eigenvalue weighted by molar-refractivity contribution is -0.0709. The molecule has 0 heterocycles. The highest BCUT2D eigenvalue weighted by Crippen LogP contribution is 2.40. The van der Waals surface area contributed by atoms with Gasteiger partial charge < -0.3 is 14.6 Å². The fraction of sp³-hybridized carbons (Fsp3) is 0.308.